The van der Waals surface area contributed by atoms with Crippen LogP contribution >= 0.6 is 0 Å². The number of likely N-dealkylation sites (tertiary alicyclic amines) is 1. The third kappa shape index (κ3) is 3.06. The van der Waals surface area contributed by atoms with Crippen LogP contribution in [0.15, 0.2) is 30.4 Å². The summed E-state index contributed by atoms with van der Waals surface area (Å²) < 4.78 is 5.36. The van der Waals surface area contributed by atoms with Crippen LogP contribution < -0.4 is 0 Å². The molecule has 0 radical (unpaired) electrons. The van der Waals surface area contributed by atoms with Gasteiger partial charge in [-0.2, -0.15) is 0 Å². The number of amides is 2. The van der Waals surface area contributed by atoms with Gasteiger partial charge in [0.05, 0.1) is 11.8 Å². The number of ketones is 1. The molecule has 6 nitrogen and oxygen atoms in total. The molecule has 2 saturated carbocycles. The van der Waals surface area contributed by atoms with Crippen molar-refractivity contribution >= 4 is 23.6 Å². The van der Waals surface area contributed by atoms with Crippen molar-refractivity contribution in [2.24, 2.45) is 41.4 Å². The zero-order valence-corrected chi connectivity index (χ0v) is 18.9. The summed E-state index contributed by atoms with van der Waals surface area (Å²) in [6.07, 6.45) is 5.31. The largest absolute Gasteiger partial charge is 0.456 e. The van der Waals surface area contributed by atoms with Gasteiger partial charge in [-0.15, -0.1) is 0 Å². The normalized spacial score (nSPS) is 32.7. The second-order valence-electron chi connectivity index (χ2n) is 10.2. The first kappa shape index (κ1) is 21.1. The third-order valence-electron chi connectivity index (χ3n) is 8.02. The lowest BCUT2D eigenvalue weighted by atomic mass is 9.63. The first-order valence-corrected chi connectivity index (χ1v) is 11.5. The molecule has 168 valence electrons. The number of benzene rings is 1. The quantitative estimate of drug-likeness (QED) is 0.297. The lowest BCUT2D eigenvalue weighted by molar-refractivity contribution is -0.160. The van der Waals surface area contributed by atoms with E-state index >= 15 is 0 Å². The van der Waals surface area contributed by atoms with E-state index in [4.69, 9.17) is 4.74 Å². The molecule has 1 aromatic carbocycles. The molecule has 2 bridgehead atoms. The Balaban J connectivity index is 1.32. The van der Waals surface area contributed by atoms with Gasteiger partial charge in [-0.1, -0.05) is 38.1 Å². The molecule has 0 unspecified atom stereocenters. The Labute approximate surface area is 188 Å². The van der Waals surface area contributed by atoms with E-state index < -0.39 is 18.6 Å². The minimum Gasteiger partial charge on any atom is -0.456 e. The molecule has 6 rings (SSSR count). The number of carbonyl (C=O) groups excluding carboxylic acids is 4. The second-order valence-corrected chi connectivity index (χ2v) is 10.2. The van der Waals surface area contributed by atoms with Crippen molar-refractivity contribution in [3.63, 3.8) is 0 Å². The van der Waals surface area contributed by atoms with Crippen molar-refractivity contribution in [3.05, 3.63) is 47.0 Å². The standard InChI is InChI=1S/C26H29NO5/c1-12(2)23(26(31)32-11-20(28)15-6-5-13(3)14(4)9-15)27-24(29)21-16-7-8-17(19-10-18(16)19)22(21)25(27)30/h5-9,12,16-19,21-23H,10-11H2,1-4H3/t16-,17-,18-,19-,21-,22+,23+/m1/s1. The van der Waals surface area contributed by atoms with Gasteiger partial charge in [0, 0.05) is 5.56 Å². The molecule has 4 aliphatic carbocycles. The molecule has 3 fully saturated rings. The fraction of sp³-hybridized carbons (Fsp3) is 0.538. The molecule has 5 aliphatic rings. The molecule has 0 spiro atoms. The number of esters is 1. The minimum atomic E-state index is -1.01. The Bertz CT molecular complexity index is 1020. The number of hydrogen-bond donors (Lipinski definition) is 0. The van der Waals surface area contributed by atoms with E-state index in [0.717, 1.165) is 17.5 Å². The molecule has 0 aromatic heterocycles. The Hall–Kier alpha value is -2.76. The topological polar surface area (TPSA) is 80.8 Å². The molecule has 6 heteroatoms. The van der Waals surface area contributed by atoms with Crippen LogP contribution in [0.1, 0.15) is 41.8 Å². The molecule has 1 heterocycles. The highest BCUT2D eigenvalue weighted by molar-refractivity contribution is 6.09. The van der Waals surface area contributed by atoms with Crippen LogP contribution in [0.2, 0.25) is 0 Å². The predicted octanol–water partition coefficient (Wildman–Crippen LogP) is 3.11. The zero-order valence-electron chi connectivity index (χ0n) is 18.9. The lowest BCUT2D eigenvalue weighted by Crippen LogP contribution is -2.49. The molecular formula is C26H29NO5. The minimum absolute atomic E-state index is 0.103. The van der Waals surface area contributed by atoms with Gasteiger partial charge in [-0.25, -0.2) is 4.79 Å². The van der Waals surface area contributed by atoms with E-state index in [1.54, 1.807) is 26.0 Å². The molecule has 2 amide bonds. The second kappa shape index (κ2) is 7.39. The summed E-state index contributed by atoms with van der Waals surface area (Å²) in [5.74, 6) is -1.31. The van der Waals surface area contributed by atoms with Crippen LogP contribution in [0.25, 0.3) is 0 Å². The Morgan fingerprint density at radius 2 is 1.59 bits per heavy atom. The molecule has 1 aromatic rings. The SMILES string of the molecule is Cc1ccc(C(=O)COC(=O)[C@H](C(C)C)N2C(=O)[C@@H]3[C@@H]4C=C[C@H]([C@H]5C[C@H]45)[C@@H]3C2=O)cc1C. The van der Waals surface area contributed by atoms with Crippen LogP contribution in [-0.4, -0.2) is 41.1 Å². The number of ether oxygens (including phenoxy) is 1. The van der Waals surface area contributed by atoms with Gasteiger partial charge in [-0.3, -0.25) is 19.3 Å². The summed E-state index contributed by atoms with van der Waals surface area (Å²) in [6, 6.07) is 4.34. The van der Waals surface area contributed by atoms with Crippen molar-refractivity contribution in [2.75, 3.05) is 6.61 Å². The van der Waals surface area contributed by atoms with E-state index in [1.807, 2.05) is 19.9 Å². The highest BCUT2D eigenvalue weighted by Crippen LogP contribution is 2.65. The summed E-state index contributed by atoms with van der Waals surface area (Å²) in [7, 11) is 0. The monoisotopic (exact) mass is 435 g/mol. The van der Waals surface area contributed by atoms with Crippen molar-refractivity contribution < 1.29 is 23.9 Å². The first-order chi connectivity index (χ1) is 15.2. The molecular weight excluding hydrogens is 406 g/mol. The van der Waals surface area contributed by atoms with Gasteiger partial charge in [0.25, 0.3) is 0 Å². The number of carbonyl (C=O) groups is 4. The maximum atomic E-state index is 13.4. The Kier molecular flexibility index (Phi) is 4.88. The number of rotatable bonds is 6. The van der Waals surface area contributed by atoms with Gasteiger partial charge in [-0.05, 0) is 67.1 Å². The van der Waals surface area contributed by atoms with Crippen LogP contribution in [0, 0.1) is 55.3 Å². The van der Waals surface area contributed by atoms with Crippen LogP contribution in [-0.2, 0) is 19.1 Å². The highest BCUT2D eigenvalue weighted by Gasteiger charge is 2.68. The van der Waals surface area contributed by atoms with Gasteiger partial charge in [0.1, 0.15) is 6.04 Å². The highest BCUT2D eigenvalue weighted by atomic mass is 16.5. The van der Waals surface area contributed by atoms with Crippen LogP contribution in [0.4, 0.5) is 0 Å². The average Bonchev–Trinajstić information content (AvgIpc) is 3.54. The lowest BCUT2D eigenvalue weighted by Gasteiger charge is -2.37. The smallest absolute Gasteiger partial charge is 0.330 e. The van der Waals surface area contributed by atoms with Gasteiger partial charge in [0.15, 0.2) is 12.4 Å². The third-order valence-corrected chi connectivity index (χ3v) is 8.02. The van der Waals surface area contributed by atoms with Gasteiger partial charge >= 0.3 is 5.97 Å². The number of imide groups is 1. The van der Waals surface area contributed by atoms with Crippen LogP contribution in [0.3, 0.4) is 0 Å². The summed E-state index contributed by atoms with van der Waals surface area (Å²) in [6.45, 7) is 7.06. The number of nitrogens with zero attached hydrogens (tertiary/aromatic N) is 1. The van der Waals surface area contributed by atoms with Crippen LogP contribution in [0.5, 0.6) is 0 Å². The molecule has 1 aliphatic heterocycles. The van der Waals surface area contributed by atoms with Crippen molar-refractivity contribution in [3.8, 4) is 0 Å². The van der Waals surface area contributed by atoms with E-state index in [9.17, 15) is 19.2 Å². The average molecular weight is 436 g/mol. The molecule has 1 saturated heterocycles. The Morgan fingerprint density at radius 3 is 2.12 bits per heavy atom. The number of aryl methyl sites for hydroxylation is 2. The number of hydrogen-bond acceptors (Lipinski definition) is 5. The van der Waals surface area contributed by atoms with Crippen molar-refractivity contribution in [1.29, 1.82) is 0 Å². The fourth-order valence-electron chi connectivity index (χ4n) is 6.15. The van der Waals surface area contributed by atoms with Crippen molar-refractivity contribution in [1.82, 2.24) is 4.90 Å². The van der Waals surface area contributed by atoms with Crippen molar-refractivity contribution in [2.45, 2.75) is 40.2 Å². The summed E-state index contributed by atoms with van der Waals surface area (Å²) in [4.78, 5) is 53.5. The number of Topliss-reactive ketones (excluding diaryl/α,β-unsaturated/α-hetero) is 1. The summed E-state index contributed by atoms with van der Waals surface area (Å²) in [5, 5.41) is 0. The van der Waals surface area contributed by atoms with Gasteiger partial charge in [0.2, 0.25) is 11.8 Å². The van der Waals surface area contributed by atoms with E-state index in [0.29, 0.717) is 17.4 Å². The maximum absolute atomic E-state index is 13.4. The van der Waals surface area contributed by atoms with Gasteiger partial charge < -0.3 is 4.74 Å². The molecule has 32 heavy (non-hydrogen) atoms. The summed E-state index contributed by atoms with van der Waals surface area (Å²) in [5.41, 5.74) is 2.54. The number of allylic oxidation sites excluding steroid dienone is 2. The predicted molar refractivity (Wildman–Crippen MR) is 116 cm³/mol. The fourth-order valence-corrected chi connectivity index (χ4v) is 6.15. The molecule has 0 N–H and O–H groups in total. The molecule has 7 atom stereocenters. The van der Waals surface area contributed by atoms with E-state index in [1.165, 1.54) is 4.90 Å². The zero-order chi connectivity index (χ0) is 22.9. The first-order valence-electron chi connectivity index (χ1n) is 11.5. The Morgan fingerprint density at radius 1 is 1.00 bits per heavy atom. The summed E-state index contributed by atoms with van der Waals surface area (Å²) >= 11 is 0. The van der Waals surface area contributed by atoms with E-state index in [-0.39, 0.29) is 47.2 Å². The van der Waals surface area contributed by atoms with E-state index in [2.05, 4.69) is 12.2 Å². The maximum Gasteiger partial charge on any atom is 0.330 e.